The summed E-state index contributed by atoms with van der Waals surface area (Å²) < 4.78 is 4.97. The van der Waals surface area contributed by atoms with Gasteiger partial charge in [-0.15, -0.1) is 0 Å². The number of hydrogen-bond donors (Lipinski definition) is 1. The molecule has 3 heteroatoms. The number of ether oxygens (including phenoxy) is 1. The Labute approximate surface area is 101 Å². The van der Waals surface area contributed by atoms with E-state index in [2.05, 4.69) is 4.98 Å². The Bertz CT molecular complexity index is 453. The molecule has 0 amide bonds. The van der Waals surface area contributed by atoms with E-state index < -0.39 is 6.10 Å². The van der Waals surface area contributed by atoms with Crippen molar-refractivity contribution in [2.75, 3.05) is 7.11 Å². The van der Waals surface area contributed by atoms with E-state index in [-0.39, 0.29) is 0 Å². The molecule has 1 N–H and O–H groups in total. The molecular weight excluding hydrogens is 214 g/mol. The Morgan fingerprint density at radius 2 is 1.94 bits per heavy atom. The second kappa shape index (κ2) is 5.46. The van der Waals surface area contributed by atoms with Crippen LogP contribution in [-0.2, 0) is 6.42 Å². The fourth-order valence-electron chi connectivity index (χ4n) is 1.66. The van der Waals surface area contributed by atoms with Crippen LogP contribution in [0.4, 0.5) is 0 Å². The van der Waals surface area contributed by atoms with Crippen LogP contribution < -0.4 is 4.74 Å². The van der Waals surface area contributed by atoms with E-state index >= 15 is 0 Å². The number of benzene rings is 1. The van der Waals surface area contributed by atoms with Crippen LogP contribution in [0.5, 0.6) is 5.88 Å². The highest BCUT2D eigenvalue weighted by atomic mass is 16.5. The van der Waals surface area contributed by atoms with Crippen molar-refractivity contribution in [1.82, 2.24) is 4.98 Å². The van der Waals surface area contributed by atoms with Gasteiger partial charge in [0.25, 0.3) is 0 Å². The first kappa shape index (κ1) is 11.6. The van der Waals surface area contributed by atoms with Crippen molar-refractivity contribution in [3.63, 3.8) is 0 Å². The van der Waals surface area contributed by atoms with Gasteiger partial charge in [-0.25, -0.2) is 4.98 Å². The average Bonchev–Trinajstić information content (AvgIpc) is 2.40. The van der Waals surface area contributed by atoms with Gasteiger partial charge < -0.3 is 9.84 Å². The monoisotopic (exact) mass is 229 g/mol. The Morgan fingerprint density at radius 3 is 2.53 bits per heavy atom. The number of pyridine rings is 1. The second-order valence-corrected chi connectivity index (χ2v) is 3.84. The number of rotatable bonds is 4. The molecule has 1 aromatic heterocycles. The van der Waals surface area contributed by atoms with Crippen LogP contribution in [0.1, 0.15) is 17.2 Å². The van der Waals surface area contributed by atoms with Crippen LogP contribution >= 0.6 is 0 Å². The smallest absolute Gasteiger partial charge is 0.212 e. The van der Waals surface area contributed by atoms with Crippen LogP contribution in [0.3, 0.4) is 0 Å². The summed E-state index contributed by atoms with van der Waals surface area (Å²) in [7, 11) is 1.57. The van der Waals surface area contributed by atoms with E-state index in [1.54, 1.807) is 19.4 Å². The molecule has 0 saturated carbocycles. The predicted octanol–water partition coefficient (Wildman–Crippen LogP) is 2.37. The van der Waals surface area contributed by atoms with Crippen LogP contribution in [-0.4, -0.2) is 17.2 Å². The molecule has 3 nitrogen and oxygen atoms in total. The molecule has 88 valence electrons. The molecule has 0 spiro atoms. The van der Waals surface area contributed by atoms with Gasteiger partial charge in [-0.1, -0.05) is 30.3 Å². The molecular formula is C14H15NO2. The van der Waals surface area contributed by atoms with Crippen molar-refractivity contribution in [2.24, 2.45) is 0 Å². The van der Waals surface area contributed by atoms with Crippen LogP contribution in [0.15, 0.2) is 48.7 Å². The number of methoxy groups -OCH3 is 1. The second-order valence-electron chi connectivity index (χ2n) is 3.84. The summed E-state index contributed by atoms with van der Waals surface area (Å²) >= 11 is 0. The van der Waals surface area contributed by atoms with Crippen molar-refractivity contribution < 1.29 is 9.84 Å². The van der Waals surface area contributed by atoms with Gasteiger partial charge in [0.1, 0.15) is 0 Å². The number of nitrogens with zero attached hydrogens (tertiary/aromatic N) is 1. The van der Waals surface area contributed by atoms with Gasteiger partial charge in [-0.3, -0.25) is 0 Å². The quantitative estimate of drug-likeness (QED) is 0.875. The molecule has 17 heavy (non-hydrogen) atoms. The largest absolute Gasteiger partial charge is 0.481 e. The Balaban J connectivity index is 2.06. The first-order valence-electron chi connectivity index (χ1n) is 5.51. The van der Waals surface area contributed by atoms with E-state index in [0.29, 0.717) is 12.3 Å². The lowest BCUT2D eigenvalue weighted by atomic mass is 10.0. The van der Waals surface area contributed by atoms with Crippen molar-refractivity contribution in [1.29, 1.82) is 0 Å². The fourth-order valence-corrected chi connectivity index (χ4v) is 1.66. The van der Waals surface area contributed by atoms with Gasteiger partial charge in [0, 0.05) is 18.7 Å². The molecule has 1 aromatic carbocycles. The third-order valence-electron chi connectivity index (χ3n) is 2.63. The SMILES string of the molecule is COc1ccc(C(O)Cc2ccccc2)cn1. The predicted molar refractivity (Wildman–Crippen MR) is 65.9 cm³/mol. The molecule has 0 aliphatic carbocycles. The molecule has 0 bridgehead atoms. The van der Waals surface area contributed by atoms with Gasteiger partial charge in [-0.05, 0) is 17.2 Å². The van der Waals surface area contributed by atoms with Gasteiger partial charge in [0.05, 0.1) is 13.2 Å². The third-order valence-corrected chi connectivity index (χ3v) is 2.63. The summed E-state index contributed by atoms with van der Waals surface area (Å²) in [6, 6.07) is 13.5. The van der Waals surface area contributed by atoms with Gasteiger partial charge in [0.2, 0.25) is 5.88 Å². The first-order chi connectivity index (χ1) is 8.29. The lowest BCUT2D eigenvalue weighted by Gasteiger charge is -2.10. The van der Waals surface area contributed by atoms with E-state index in [0.717, 1.165) is 11.1 Å². The van der Waals surface area contributed by atoms with Crippen molar-refractivity contribution in [3.05, 3.63) is 59.8 Å². The molecule has 0 saturated heterocycles. The molecule has 0 aliphatic rings. The van der Waals surface area contributed by atoms with E-state index in [4.69, 9.17) is 4.74 Å². The molecule has 1 heterocycles. The van der Waals surface area contributed by atoms with Crippen LogP contribution in [0.2, 0.25) is 0 Å². The van der Waals surface area contributed by atoms with E-state index in [1.807, 2.05) is 36.4 Å². The molecule has 1 atom stereocenters. The third kappa shape index (κ3) is 3.04. The number of aliphatic hydroxyl groups is 1. The summed E-state index contributed by atoms with van der Waals surface area (Å²) in [6.07, 6.45) is 1.71. The van der Waals surface area contributed by atoms with Gasteiger partial charge in [-0.2, -0.15) is 0 Å². The standard InChI is InChI=1S/C14H15NO2/c1-17-14-8-7-12(10-15-14)13(16)9-11-5-3-2-4-6-11/h2-8,10,13,16H,9H2,1H3. The first-order valence-corrected chi connectivity index (χ1v) is 5.51. The zero-order valence-corrected chi connectivity index (χ0v) is 9.71. The normalized spacial score (nSPS) is 12.1. The molecule has 2 rings (SSSR count). The van der Waals surface area contributed by atoms with Crippen molar-refractivity contribution >= 4 is 0 Å². The molecule has 0 aliphatic heterocycles. The maximum absolute atomic E-state index is 10.1. The Kier molecular flexibility index (Phi) is 3.73. The zero-order valence-electron chi connectivity index (χ0n) is 9.71. The maximum Gasteiger partial charge on any atom is 0.212 e. The molecule has 1 unspecified atom stereocenters. The lowest BCUT2D eigenvalue weighted by molar-refractivity contribution is 0.178. The summed E-state index contributed by atoms with van der Waals surface area (Å²) in [6.45, 7) is 0. The summed E-state index contributed by atoms with van der Waals surface area (Å²) in [5.74, 6) is 0.556. The topological polar surface area (TPSA) is 42.4 Å². The summed E-state index contributed by atoms with van der Waals surface area (Å²) in [5, 5.41) is 10.1. The molecule has 0 radical (unpaired) electrons. The van der Waals surface area contributed by atoms with Crippen molar-refractivity contribution in [2.45, 2.75) is 12.5 Å². The van der Waals surface area contributed by atoms with E-state index in [9.17, 15) is 5.11 Å². The Morgan fingerprint density at radius 1 is 1.18 bits per heavy atom. The van der Waals surface area contributed by atoms with Crippen molar-refractivity contribution in [3.8, 4) is 5.88 Å². The number of aliphatic hydroxyl groups excluding tert-OH is 1. The highest BCUT2D eigenvalue weighted by molar-refractivity contribution is 5.23. The van der Waals surface area contributed by atoms with Gasteiger partial charge >= 0.3 is 0 Å². The highest BCUT2D eigenvalue weighted by Gasteiger charge is 2.08. The van der Waals surface area contributed by atoms with Crippen LogP contribution in [0, 0.1) is 0 Å². The Hall–Kier alpha value is -1.87. The van der Waals surface area contributed by atoms with Gasteiger partial charge in [0.15, 0.2) is 0 Å². The van der Waals surface area contributed by atoms with E-state index in [1.165, 1.54) is 0 Å². The molecule has 0 fully saturated rings. The maximum atomic E-state index is 10.1. The lowest BCUT2D eigenvalue weighted by Crippen LogP contribution is -2.02. The number of aromatic nitrogens is 1. The number of hydrogen-bond acceptors (Lipinski definition) is 3. The average molecular weight is 229 g/mol. The molecule has 2 aromatic rings. The highest BCUT2D eigenvalue weighted by Crippen LogP contribution is 2.18. The minimum absolute atomic E-state index is 0.532. The van der Waals surface area contributed by atoms with Crippen LogP contribution in [0.25, 0.3) is 0 Å². The summed E-state index contributed by atoms with van der Waals surface area (Å²) in [5.41, 5.74) is 1.91. The summed E-state index contributed by atoms with van der Waals surface area (Å²) in [4.78, 5) is 4.08. The zero-order chi connectivity index (χ0) is 12.1. The minimum atomic E-state index is -0.532. The minimum Gasteiger partial charge on any atom is -0.481 e. The fraction of sp³-hybridized carbons (Fsp3) is 0.214.